The number of rotatable bonds is 1. The molecule has 2 aromatic carbocycles. The number of aryl methyl sites for hydroxylation is 2. The SMILES string of the molecule is O=C(Oc1ccc2cccc3c2c1CC3)C(F)(F)F. The van der Waals surface area contributed by atoms with E-state index < -0.39 is 12.1 Å². The van der Waals surface area contributed by atoms with Crippen molar-refractivity contribution in [3.63, 3.8) is 0 Å². The fourth-order valence-electron chi connectivity index (χ4n) is 2.49. The summed E-state index contributed by atoms with van der Waals surface area (Å²) >= 11 is 0. The molecule has 1 aliphatic rings. The molecule has 0 spiro atoms. The molecule has 0 fully saturated rings. The summed E-state index contributed by atoms with van der Waals surface area (Å²) in [4.78, 5) is 10.9. The van der Waals surface area contributed by atoms with Crippen molar-refractivity contribution in [1.29, 1.82) is 0 Å². The molecule has 19 heavy (non-hydrogen) atoms. The summed E-state index contributed by atoms with van der Waals surface area (Å²) in [6.45, 7) is 0. The van der Waals surface area contributed by atoms with Gasteiger partial charge in [-0.3, -0.25) is 0 Å². The summed E-state index contributed by atoms with van der Waals surface area (Å²) in [5.74, 6) is -2.16. The first-order valence-corrected chi connectivity index (χ1v) is 5.79. The molecular formula is C14H9F3O2. The zero-order valence-corrected chi connectivity index (χ0v) is 9.75. The van der Waals surface area contributed by atoms with Crippen LogP contribution in [0.4, 0.5) is 13.2 Å². The number of carbonyl (C=O) groups excluding carboxylic acids is 1. The monoisotopic (exact) mass is 266 g/mol. The number of ether oxygens (including phenoxy) is 1. The minimum absolute atomic E-state index is 0.0137. The Bertz CT molecular complexity index is 674. The lowest BCUT2D eigenvalue weighted by atomic mass is 10.0. The molecule has 0 bridgehead atoms. The van der Waals surface area contributed by atoms with E-state index >= 15 is 0 Å². The van der Waals surface area contributed by atoms with Gasteiger partial charge in [0, 0.05) is 5.56 Å². The molecule has 0 atom stereocenters. The first-order valence-electron chi connectivity index (χ1n) is 5.79. The second-order valence-corrected chi connectivity index (χ2v) is 4.44. The van der Waals surface area contributed by atoms with Gasteiger partial charge in [0.2, 0.25) is 0 Å². The van der Waals surface area contributed by atoms with Crippen molar-refractivity contribution in [2.75, 3.05) is 0 Å². The first-order chi connectivity index (χ1) is 8.97. The third-order valence-electron chi connectivity index (χ3n) is 3.27. The highest BCUT2D eigenvalue weighted by atomic mass is 19.4. The molecule has 98 valence electrons. The van der Waals surface area contributed by atoms with Gasteiger partial charge in [-0.15, -0.1) is 0 Å². The smallest absolute Gasteiger partial charge is 0.420 e. The summed E-state index contributed by atoms with van der Waals surface area (Å²) in [5.41, 5.74) is 1.77. The molecule has 0 aromatic heterocycles. The number of hydrogen-bond acceptors (Lipinski definition) is 2. The molecule has 2 nitrogen and oxygen atoms in total. The Balaban J connectivity index is 2.07. The average Bonchev–Trinajstić information content (AvgIpc) is 2.77. The van der Waals surface area contributed by atoms with Crippen molar-refractivity contribution in [2.24, 2.45) is 0 Å². The maximum Gasteiger partial charge on any atom is 0.491 e. The summed E-state index contributed by atoms with van der Waals surface area (Å²) in [6, 6.07) is 8.84. The number of alkyl halides is 3. The van der Waals surface area contributed by atoms with Crippen molar-refractivity contribution in [3.05, 3.63) is 41.5 Å². The number of carbonyl (C=O) groups is 1. The molecule has 5 heteroatoms. The van der Waals surface area contributed by atoms with E-state index in [1.165, 1.54) is 6.07 Å². The number of esters is 1. The highest BCUT2D eigenvalue weighted by Crippen LogP contribution is 2.37. The molecule has 0 aliphatic heterocycles. The van der Waals surface area contributed by atoms with Crippen LogP contribution >= 0.6 is 0 Å². The molecule has 3 rings (SSSR count). The van der Waals surface area contributed by atoms with Crippen molar-refractivity contribution in [3.8, 4) is 5.75 Å². The standard InChI is InChI=1S/C14H9F3O2/c15-14(16,17)13(18)19-11-7-5-9-3-1-2-8-4-6-10(11)12(8)9/h1-3,5,7H,4,6H2. The molecule has 0 radical (unpaired) electrons. The summed E-state index contributed by atoms with van der Waals surface area (Å²) in [6.07, 6.45) is -3.62. The molecule has 0 heterocycles. The van der Waals surface area contributed by atoms with E-state index in [4.69, 9.17) is 0 Å². The Morgan fingerprint density at radius 1 is 1.11 bits per heavy atom. The Morgan fingerprint density at radius 3 is 2.63 bits per heavy atom. The van der Waals surface area contributed by atoms with Crippen LogP contribution in [0.25, 0.3) is 10.8 Å². The van der Waals surface area contributed by atoms with E-state index in [0.717, 1.165) is 22.8 Å². The van der Waals surface area contributed by atoms with Gasteiger partial charge in [-0.05, 0) is 35.2 Å². The van der Waals surface area contributed by atoms with Gasteiger partial charge in [0.1, 0.15) is 5.75 Å². The summed E-state index contributed by atoms with van der Waals surface area (Å²) < 4.78 is 41.1. The maximum absolute atomic E-state index is 12.2. The van der Waals surface area contributed by atoms with Crippen LogP contribution in [0, 0.1) is 0 Å². The summed E-state index contributed by atoms with van der Waals surface area (Å²) in [7, 11) is 0. The van der Waals surface area contributed by atoms with Gasteiger partial charge in [0.15, 0.2) is 0 Å². The molecule has 0 saturated heterocycles. The summed E-state index contributed by atoms with van der Waals surface area (Å²) in [5, 5.41) is 1.87. The van der Waals surface area contributed by atoms with Gasteiger partial charge >= 0.3 is 12.1 Å². The normalized spacial score (nSPS) is 13.8. The predicted molar refractivity (Wildman–Crippen MR) is 63.0 cm³/mol. The van der Waals surface area contributed by atoms with Gasteiger partial charge in [0.05, 0.1) is 0 Å². The van der Waals surface area contributed by atoms with Gasteiger partial charge in [-0.2, -0.15) is 13.2 Å². The van der Waals surface area contributed by atoms with Gasteiger partial charge in [-0.25, -0.2) is 4.79 Å². The van der Waals surface area contributed by atoms with Crippen molar-refractivity contribution < 1.29 is 22.7 Å². The van der Waals surface area contributed by atoms with Gasteiger partial charge in [0.25, 0.3) is 0 Å². The Morgan fingerprint density at radius 2 is 1.89 bits per heavy atom. The fraction of sp³-hybridized carbons (Fsp3) is 0.214. The van der Waals surface area contributed by atoms with Crippen LogP contribution in [-0.2, 0) is 17.6 Å². The van der Waals surface area contributed by atoms with E-state index in [0.29, 0.717) is 12.0 Å². The quantitative estimate of drug-likeness (QED) is 0.584. The van der Waals surface area contributed by atoms with E-state index in [1.54, 1.807) is 6.07 Å². The van der Waals surface area contributed by atoms with Crippen LogP contribution in [0.2, 0.25) is 0 Å². The van der Waals surface area contributed by atoms with Gasteiger partial charge < -0.3 is 4.74 Å². The predicted octanol–water partition coefficient (Wildman–Crippen LogP) is 3.41. The second kappa shape index (κ2) is 3.98. The largest absolute Gasteiger partial charge is 0.491 e. The zero-order chi connectivity index (χ0) is 13.6. The third-order valence-corrected chi connectivity index (χ3v) is 3.27. The third kappa shape index (κ3) is 1.95. The fourth-order valence-corrected chi connectivity index (χ4v) is 2.49. The van der Waals surface area contributed by atoms with Crippen LogP contribution in [0.15, 0.2) is 30.3 Å². The molecule has 0 saturated carbocycles. The van der Waals surface area contributed by atoms with E-state index in [1.807, 2.05) is 18.2 Å². The highest BCUT2D eigenvalue weighted by Gasteiger charge is 2.41. The van der Waals surface area contributed by atoms with E-state index in [2.05, 4.69) is 4.74 Å². The Kier molecular flexibility index (Phi) is 2.52. The molecule has 1 aliphatic carbocycles. The van der Waals surface area contributed by atoms with Crippen molar-refractivity contribution in [2.45, 2.75) is 19.0 Å². The number of halogens is 3. The molecule has 2 aromatic rings. The second-order valence-electron chi connectivity index (χ2n) is 4.44. The number of hydrogen-bond donors (Lipinski definition) is 0. The zero-order valence-electron chi connectivity index (χ0n) is 9.75. The highest BCUT2D eigenvalue weighted by molar-refractivity contribution is 5.93. The minimum Gasteiger partial charge on any atom is -0.420 e. The van der Waals surface area contributed by atoms with E-state index in [9.17, 15) is 18.0 Å². The number of benzene rings is 2. The van der Waals surface area contributed by atoms with Crippen molar-refractivity contribution in [1.82, 2.24) is 0 Å². The topological polar surface area (TPSA) is 26.3 Å². The molecule has 0 amide bonds. The lowest BCUT2D eigenvalue weighted by molar-refractivity contribution is -0.189. The van der Waals surface area contributed by atoms with Crippen molar-refractivity contribution >= 4 is 16.7 Å². The maximum atomic E-state index is 12.2. The van der Waals surface area contributed by atoms with E-state index in [-0.39, 0.29) is 5.75 Å². The lowest BCUT2D eigenvalue weighted by Gasteiger charge is -2.11. The lowest BCUT2D eigenvalue weighted by Crippen LogP contribution is -2.28. The Hall–Kier alpha value is -2.04. The average molecular weight is 266 g/mol. The van der Waals surface area contributed by atoms with Crippen LogP contribution < -0.4 is 4.74 Å². The molecular weight excluding hydrogens is 257 g/mol. The molecule has 0 N–H and O–H groups in total. The molecule has 0 unspecified atom stereocenters. The Labute approximate surface area is 106 Å². The van der Waals surface area contributed by atoms with Crippen LogP contribution in [-0.4, -0.2) is 12.1 Å². The van der Waals surface area contributed by atoms with Crippen LogP contribution in [0.3, 0.4) is 0 Å². The van der Waals surface area contributed by atoms with Crippen LogP contribution in [0.1, 0.15) is 11.1 Å². The minimum atomic E-state index is -4.97. The van der Waals surface area contributed by atoms with Crippen LogP contribution in [0.5, 0.6) is 5.75 Å². The van der Waals surface area contributed by atoms with Gasteiger partial charge in [-0.1, -0.05) is 24.3 Å². The first kappa shape index (κ1) is 12.0.